The fourth-order valence-corrected chi connectivity index (χ4v) is 3.15. The van der Waals surface area contributed by atoms with Crippen molar-refractivity contribution in [2.75, 3.05) is 23.9 Å². The second-order valence-electron chi connectivity index (χ2n) is 6.33. The summed E-state index contributed by atoms with van der Waals surface area (Å²) in [6.07, 6.45) is 4.51. The van der Waals surface area contributed by atoms with E-state index in [0.717, 1.165) is 42.3 Å². The Hall–Kier alpha value is -2.30. The zero-order chi connectivity index (χ0) is 16.9. The molecule has 2 aromatic rings. The van der Waals surface area contributed by atoms with Crippen LogP contribution in [-0.4, -0.2) is 29.7 Å². The molecule has 2 heterocycles. The Morgan fingerprint density at radius 2 is 2.04 bits per heavy atom. The summed E-state index contributed by atoms with van der Waals surface area (Å²) in [7, 11) is 1.67. The van der Waals surface area contributed by atoms with Gasteiger partial charge in [-0.1, -0.05) is 13.3 Å². The number of ether oxygens (including phenoxy) is 1. The molecule has 0 amide bonds. The molecule has 1 N–H and O–H groups in total. The highest BCUT2D eigenvalue weighted by Gasteiger charge is 2.22. The van der Waals surface area contributed by atoms with Crippen molar-refractivity contribution in [3.05, 3.63) is 36.0 Å². The lowest BCUT2D eigenvalue weighted by atomic mass is 10.2. The second kappa shape index (κ2) is 7.51. The number of anilines is 3. The van der Waals surface area contributed by atoms with Gasteiger partial charge in [-0.25, -0.2) is 4.98 Å². The standard InChI is InChI=1S/C19H26N4O/c1-4-6-16-13-18(23-12-5-7-14(23)2)22-19(21-16)20-15-8-10-17(24-3)11-9-15/h8-11,13-14H,4-7,12H2,1-3H3,(H,20,21,22)/t14-/m1/s1. The van der Waals surface area contributed by atoms with E-state index >= 15 is 0 Å². The molecule has 1 aromatic carbocycles. The molecular weight excluding hydrogens is 300 g/mol. The maximum Gasteiger partial charge on any atom is 0.229 e. The van der Waals surface area contributed by atoms with Gasteiger partial charge in [-0.05, 0) is 50.5 Å². The highest BCUT2D eigenvalue weighted by atomic mass is 16.5. The van der Waals surface area contributed by atoms with Crippen molar-refractivity contribution in [3.63, 3.8) is 0 Å². The lowest BCUT2D eigenvalue weighted by Gasteiger charge is -2.23. The van der Waals surface area contributed by atoms with Crippen LogP contribution >= 0.6 is 0 Å². The number of benzene rings is 1. The third-order valence-corrected chi connectivity index (χ3v) is 4.47. The minimum Gasteiger partial charge on any atom is -0.497 e. The van der Waals surface area contributed by atoms with E-state index in [1.165, 1.54) is 12.8 Å². The summed E-state index contributed by atoms with van der Waals surface area (Å²) >= 11 is 0. The molecule has 1 aliphatic rings. The molecule has 1 atom stereocenters. The SMILES string of the molecule is CCCc1cc(N2CCC[C@H]2C)nc(Nc2ccc(OC)cc2)n1. The largest absolute Gasteiger partial charge is 0.497 e. The van der Waals surface area contributed by atoms with Gasteiger partial charge in [0.2, 0.25) is 5.95 Å². The summed E-state index contributed by atoms with van der Waals surface area (Å²) in [5.41, 5.74) is 2.06. The molecule has 1 aromatic heterocycles. The average molecular weight is 326 g/mol. The van der Waals surface area contributed by atoms with Crippen LogP contribution in [0, 0.1) is 0 Å². The summed E-state index contributed by atoms with van der Waals surface area (Å²) in [4.78, 5) is 11.8. The van der Waals surface area contributed by atoms with Crippen LogP contribution in [-0.2, 0) is 6.42 Å². The molecular formula is C19H26N4O. The summed E-state index contributed by atoms with van der Waals surface area (Å²) in [6, 6.07) is 10.5. The van der Waals surface area contributed by atoms with Gasteiger partial charge in [0.1, 0.15) is 11.6 Å². The van der Waals surface area contributed by atoms with E-state index in [2.05, 4.69) is 35.1 Å². The Bertz CT molecular complexity index is 672. The first-order chi connectivity index (χ1) is 11.7. The molecule has 1 aliphatic heterocycles. The van der Waals surface area contributed by atoms with Crippen LogP contribution in [0.2, 0.25) is 0 Å². The molecule has 0 unspecified atom stereocenters. The number of aryl methyl sites for hydroxylation is 1. The summed E-state index contributed by atoms with van der Waals surface area (Å²) in [6.45, 7) is 5.52. The highest BCUT2D eigenvalue weighted by molar-refractivity contribution is 5.57. The van der Waals surface area contributed by atoms with E-state index in [9.17, 15) is 0 Å². The molecule has 24 heavy (non-hydrogen) atoms. The molecule has 0 saturated carbocycles. The van der Waals surface area contributed by atoms with Gasteiger partial charge in [-0.2, -0.15) is 4.98 Å². The third kappa shape index (κ3) is 3.78. The van der Waals surface area contributed by atoms with Crippen LogP contribution < -0.4 is 15.0 Å². The van der Waals surface area contributed by atoms with Crippen molar-refractivity contribution >= 4 is 17.5 Å². The van der Waals surface area contributed by atoms with Gasteiger partial charge in [-0.3, -0.25) is 0 Å². The molecule has 5 heteroatoms. The predicted molar refractivity (Wildman–Crippen MR) is 98.3 cm³/mol. The van der Waals surface area contributed by atoms with Crippen molar-refractivity contribution in [3.8, 4) is 5.75 Å². The predicted octanol–water partition coefficient (Wildman–Crippen LogP) is 4.17. The summed E-state index contributed by atoms with van der Waals surface area (Å²) < 4.78 is 5.20. The molecule has 0 radical (unpaired) electrons. The third-order valence-electron chi connectivity index (χ3n) is 4.47. The highest BCUT2D eigenvalue weighted by Crippen LogP contribution is 2.26. The molecule has 1 saturated heterocycles. The van der Waals surface area contributed by atoms with E-state index in [0.29, 0.717) is 12.0 Å². The number of aromatic nitrogens is 2. The quantitative estimate of drug-likeness (QED) is 0.863. The lowest BCUT2D eigenvalue weighted by molar-refractivity contribution is 0.415. The van der Waals surface area contributed by atoms with E-state index < -0.39 is 0 Å². The van der Waals surface area contributed by atoms with Gasteiger partial charge in [0.25, 0.3) is 0 Å². The molecule has 0 spiro atoms. The first kappa shape index (κ1) is 16.6. The Morgan fingerprint density at radius 1 is 1.25 bits per heavy atom. The van der Waals surface area contributed by atoms with Gasteiger partial charge in [0.15, 0.2) is 0 Å². The van der Waals surface area contributed by atoms with Crippen LogP contribution in [0.3, 0.4) is 0 Å². The number of nitrogens with one attached hydrogen (secondary N) is 1. The maximum atomic E-state index is 5.20. The van der Waals surface area contributed by atoms with E-state index in [1.807, 2.05) is 24.3 Å². The molecule has 128 valence electrons. The monoisotopic (exact) mass is 326 g/mol. The minimum absolute atomic E-state index is 0.545. The number of nitrogens with zero attached hydrogens (tertiary/aromatic N) is 3. The van der Waals surface area contributed by atoms with E-state index in [1.54, 1.807) is 7.11 Å². The van der Waals surface area contributed by atoms with Crippen LogP contribution in [0.5, 0.6) is 5.75 Å². The smallest absolute Gasteiger partial charge is 0.229 e. The fraction of sp³-hybridized carbons (Fsp3) is 0.474. The maximum absolute atomic E-state index is 5.20. The van der Waals surface area contributed by atoms with Crippen molar-refractivity contribution in [1.82, 2.24) is 9.97 Å². The summed E-state index contributed by atoms with van der Waals surface area (Å²) in [5, 5.41) is 3.33. The Kier molecular flexibility index (Phi) is 5.18. The van der Waals surface area contributed by atoms with Crippen molar-refractivity contribution in [2.24, 2.45) is 0 Å². The zero-order valence-corrected chi connectivity index (χ0v) is 14.7. The first-order valence-electron chi connectivity index (χ1n) is 8.75. The van der Waals surface area contributed by atoms with Crippen molar-refractivity contribution in [1.29, 1.82) is 0 Å². The van der Waals surface area contributed by atoms with Crippen LogP contribution in [0.15, 0.2) is 30.3 Å². The Labute approximate surface area is 144 Å². The molecule has 1 fully saturated rings. The molecule has 0 aliphatic carbocycles. The lowest BCUT2D eigenvalue weighted by Crippen LogP contribution is -2.27. The number of hydrogen-bond acceptors (Lipinski definition) is 5. The van der Waals surface area contributed by atoms with Gasteiger partial charge in [0.05, 0.1) is 7.11 Å². The minimum atomic E-state index is 0.545. The number of methoxy groups -OCH3 is 1. The zero-order valence-electron chi connectivity index (χ0n) is 14.7. The van der Waals surface area contributed by atoms with Crippen molar-refractivity contribution in [2.45, 2.75) is 45.6 Å². The second-order valence-corrected chi connectivity index (χ2v) is 6.33. The Morgan fingerprint density at radius 3 is 2.67 bits per heavy atom. The van der Waals surface area contributed by atoms with Gasteiger partial charge < -0.3 is 15.0 Å². The molecule has 0 bridgehead atoms. The number of hydrogen-bond donors (Lipinski definition) is 1. The normalized spacial score (nSPS) is 17.1. The van der Waals surface area contributed by atoms with E-state index in [4.69, 9.17) is 9.72 Å². The fourth-order valence-electron chi connectivity index (χ4n) is 3.15. The van der Waals surface area contributed by atoms with Gasteiger partial charge in [0, 0.05) is 30.0 Å². The van der Waals surface area contributed by atoms with Crippen LogP contribution in [0.4, 0.5) is 17.5 Å². The van der Waals surface area contributed by atoms with Crippen molar-refractivity contribution < 1.29 is 4.74 Å². The van der Waals surface area contributed by atoms with E-state index in [-0.39, 0.29) is 0 Å². The van der Waals surface area contributed by atoms with Crippen LogP contribution in [0.25, 0.3) is 0 Å². The van der Waals surface area contributed by atoms with Gasteiger partial charge in [-0.15, -0.1) is 0 Å². The Balaban J connectivity index is 1.86. The van der Waals surface area contributed by atoms with Crippen LogP contribution in [0.1, 0.15) is 38.8 Å². The number of rotatable bonds is 6. The first-order valence-corrected chi connectivity index (χ1v) is 8.75. The van der Waals surface area contributed by atoms with Gasteiger partial charge >= 0.3 is 0 Å². The molecule has 3 rings (SSSR count). The topological polar surface area (TPSA) is 50.3 Å². The molecule has 5 nitrogen and oxygen atoms in total. The average Bonchev–Trinajstić information content (AvgIpc) is 3.02. The summed E-state index contributed by atoms with van der Waals surface area (Å²) in [5.74, 6) is 2.54.